The van der Waals surface area contributed by atoms with Gasteiger partial charge in [-0.2, -0.15) is 0 Å². The molecule has 3 N–H and O–H groups in total. The fourth-order valence-corrected chi connectivity index (χ4v) is 5.49. The van der Waals surface area contributed by atoms with Crippen molar-refractivity contribution < 1.29 is 5.11 Å². The molecule has 3 bridgehead atoms. The van der Waals surface area contributed by atoms with Gasteiger partial charge in [0.05, 0.1) is 5.60 Å². The summed E-state index contributed by atoms with van der Waals surface area (Å²) in [6, 6.07) is 0. The van der Waals surface area contributed by atoms with Gasteiger partial charge in [-0.3, -0.25) is 0 Å². The fourth-order valence-electron chi connectivity index (χ4n) is 5.49. The van der Waals surface area contributed by atoms with Crippen molar-refractivity contribution in [2.75, 3.05) is 0 Å². The Kier molecular flexibility index (Phi) is 0.885. The molecule has 4 saturated carbocycles. The summed E-state index contributed by atoms with van der Waals surface area (Å²) in [5, 5.41) is 10.4. The van der Waals surface area contributed by atoms with Crippen LogP contribution in [0.1, 0.15) is 38.5 Å². The molecule has 0 radical (unpaired) electrons. The molecule has 2 nitrogen and oxygen atoms in total. The van der Waals surface area contributed by atoms with E-state index in [0.717, 1.165) is 31.1 Å². The van der Waals surface area contributed by atoms with Gasteiger partial charge >= 0.3 is 0 Å². The summed E-state index contributed by atoms with van der Waals surface area (Å²) < 4.78 is 0. The number of hydrogen-bond donors (Lipinski definition) is 2. The molecule has 0 aromatic rings. The summed E-state index contributed by atoms with van der Waals surface area (Å²) in [4.78, 5) is 0. The monoisotopic (exact) mass is 179 g/mol. The summed E-state index contributed by atoms with van der Waals surface area (Å²) in [7, 11) is 0. The lowest BCUT2D eigenvalue weighted by Gasteiger charge is -2.49. The molecule has 72 valence electrons. The molecule has 5 atom stereocenters. The molecule has 0 aromatic heterocycles. The second-order valence-corrected chi connectivity index (χ2v) is 6.39. The van der Waals surface area contributed by atoms with Gasteiger partial charge in [0.1, 0.15) is 0 Å². The Morgan fingerprint density at radius 3 is 2.69 bits per heavy atom. The van der Waals surface area contributed by atoms with Crippen molar-refractivity contribution in [1.82, 2.24) is 0 Å². The highest BCUT2D eigenvalue weighted by atomic mass is 16.3. The van der Waals surface area contributed by atoms with Gasteiger partial charge in [-0.1, -0.05) is 0 Å². The van der Waals surface area contributed by atoms with E-state index in [1.165, 1.54) is 19.3 Å². The Morgan fingerprint density at radius 1 is 1.08 bits per heavy atom. The first kappa shape index (κ1) is 7.24. The lowest BCUT2D eigenvalue weighted by molar-refractivity contribution is -0.0288. The first-order valence-electron chi connectivity index (χ1n) is 5.55. The van der Waals surface area contributed by atoms with Crippen molar-refractivity contribution in [3.05, 3.63) is 0 Å². The van der Waals surface area contributed by atoms with E-state index in [1.807, 2.05) is 0 Å². The largest absolute Gasteiger partial charge is 0.390 e. The molecule has 1 spiro atoms. The number of nitrogens with two attached hydrogens (primary N) is 1. The summed E-state index contributed by atoms with van der Waals surface area (Å²) in [6.07, 6.45) is 6.80. The van der Waals surface area contributed by atoms with Crippen LogP contribution >= 0.6 is 0 Å². The summed E-state index contributed by atoms with van der Waals surface area (Å²) >= 11 is 0. The maximum Gasteiger partial charge on any atom is 0.0673 e. The first-order valence-corrected chi connectivity index (χ1v) is 5.55. The van der Waals surface area contributed by atoms with Crippen LogP contribution in [-0.2, 0) is 0 Å². The van der Waals surface area contributed by atoms with Crippen LogP contribution in [0.25, 0.3) is 0 Å². The van der Waals surface area contributed by atoms with Crippen molar-refractivity contribution in [3.8, 4) is 0 Å². The maximum absolute atomic E-state index is 10.4. The van der Waals surface area contributed by atoms with Crippen LogP contribution < -0.4 is 5.73 Å². The molecule has 4 rings (SSSR count). The van der Waals surface area contributed by atoms with E-state index in [0.29, 0.717) is 5.41 Å². The molecule has 0 saturated heterocycles. The average Bonchev–Trinajstić information content (AvgIpc) is 2.24. The SMILES string of the molecule is NC12CC3CC4CC(O)(C1)CC34C2. The van der Waals surface area contributed by atoms with Crippen LogP contribution in [0.3, 0.4) is 0 Å². The number of rotatable bonds is 0. The van der Waals surface area contributed by atoms with Crippen molar-refractivity contribution >= 4 is 0 Å². The second-order valence-electron chi connectivity index (χ2n) is 6.39. The van der Waals surface area contributed by atoms with Gasteiger partial charge in [0.25, 0.3) is 0 Å². The standard InChI is InChI=1S/C11H17NO/c12-9-2-7-1-8-3-10(13,4-9)6-11(7,8)5-9/h7-8,13H,1-6,12H2. The first-order chi connectivity index (χ1) is 6.04. The Bertz CT molecular complexity index is 266. The highest BCUT2D eigenvalue weighted by molar-refractivity contribution is 5.26. The highest BCUT2D eigenvalue weighted by Gasteiger charge is 2.73. The van der Waals surface area contributed by atoms with Gasteiger partial charge in [0.15, 0.2) is 0 Å². The minimum absolute atomic E-state index is 0.0168. The van der Waals surface area contributed by atoms with Gasteiger partial charge in [-0.05, 0) is 55.8 Å². The van der Waals surface area contributed by atoms with Gasteiger partial charge in [-0.15, -0.1) is 0 Å². The van der Waals surface area contributed by atoms with Gasteiger partial charge in [0.2, 0.25) is 0 Å². The van der Waals surface area contributed by atoms with E-state index in [1.54, 1.807) is 0 Å². The normalized spacial score (nSPS) is 72.5. The number of fused-ring (bicyclic) bond motifs is 2. The lowest BCUT2D eigenvalue weighted by Crippen LogP contribution is -2.49. The molecule has 5 unspecified atom stereocenters. The van der Waals surface area contributed by atoms with E-state index in [9.17, 15) is 5.11 Å². The topological polar surface area (TPSA) is 46.2 Å². The van der Waals surface area contributed by atoms with Crippen molar-refractivity contribution in [1.29, 1.82) is 0 Å². The second kappa shape index (κ2) is 1.59. The predicted molar refractivity (Wildman–Crippen MR) is 49.0 cm³/mol. The fraction of sp³-hybridized carbons (Fsp3) is 1.00. The zero-order valence-electron chi connectivity index (χ0n) is 7.92. The Hall–Kier alpha value is -0.0800. The smallest absolute Gasteiger partial charge is 0.0673 e. The Balaban J connectivity index is 1.90. The maximum atomic E-state index is 10.4. The van der Waals surface area contributed by atoms with Crippen molar-refractivity contribution in [3.63, 3.8) is 0 Å². The molecule has 4 fully saturated rings. The van der Waals surface area contributed by atoms with E-state index in [2.05, 4.69) is 0 Å². The van der Waals surface area contributed by atoms with Crippen LogP contribution in [0.5, 0.6) is 0 Å². The summed E-state index contributed by atoms with van der Waals surface area (Å²) in [5.41, 5.74) is 6.53. The van der Waals surface area contributed by atoms with Gasteiger partial charge in [0, 0.05) is 5.54 Å². The molecule has 4 aliphatic carbocycles. The van der Waals surface area contributed by atoms with Crippen molar-refractivity contribution in [2.24, 2.45) is 23.0 Å². The zero-order chi connectivity index (χ0) is 8.90. The number of hydrogen-bond acceptors (Lipinski definition) is 2. The summed E-state index contributed by atoms with van der Waals surface area (Å²) in [6.45, 7) is 0. The third kappa shape index (κ3) is 0.608. The van der Waals surface area contributed by atoms with Gasteiger partial charge < -0.3 is 10.8 Å². The van der Waals surface area contributed by atoms with E-state index < -0.39 is 0 Å². The zero-order valence-corrected chi connectivity index (χ0v) is 7.92. The number of aliphatic hydroxyl groups is 1. The Morgan fingerprint density at radius 2 is 1.85 bits per heavy atom. The molecule has 0 amide bonds. The highest BCUT2D eigenvalue weighted by Crippen LogP contribution is 2.76. The van der Waals surface area contributed by atoms with Crippen molar-refractivity contribution in [2.45, 2.75) is 49.7 Å². The van der Waals surface area contributed by atoms with Crippen LogP contribution in [0.15, 0.2) is 0 Å². The minimum atomic E-state index is -0.358. The predicted octanol–water partition coefficient (Wildman–Crippen LogP) is 1.03. The van der Waals surface area contributed by atoms with Crippen LogP contribution in [0, 0.1) is 17.3 Å². The molecular formula is C11H17NO. The lowest BCUT2D eigenvalue weighted by atomic mass is 9.56. The molecular weight excluding hydrogens is 162 g/mol. The molecule has 2 heteroatoms. The van der Waals surface area contributed by atoms with E-state index in [4.69, 9.17) is 5.73 Å². The summed E-state index contributed by atoms with van der Waals surface area (Å²) in [5.74, 6) is 1.70. The average molecular weight is 179 g/mol. The third-order valence-corrected chi connectivity index (χ3v) is 5.49. The molecule has 4 aliphatic rings. The van der Waals surface area contributed by atoms with Crippen LogP contribution in [-0.4, -0.2) is 16.2 Å². The molecule has 0 heterocycles. The van der Waals surface area contributed by atoms with Crippen LogP contribution in [0.4, 0.5) is 0 Å². The quantitative estimate of drug-likeness (QED) is 0.583. The Labute approximate surface area is 78.5 Å². The third-order valence-electron chi connectivity index (χ3n) is 5.49. The molecule has 0 aromatic carbocycles. The molecule has 0 aliphatic heterocycles. The van der Waals surface area contributed by atoms with Gasteiger partial charge in [-0.25, -0.2) is 0 Å². The van der Waals surface area contributed by atoms with E-state index in [-0.39, 0.29) is 11.1 Å². The van der Waals surface area contributed by atoms with E-state index >= 15 is 0 Å². The van der Waals surface area contributed by atoms with Crippen LogP contribution in [0.2, 0.25) is 0 Å². The minimum Gasteiger partial charge on any atom is -0.390 e. The molecule has 13 heavy (non-hydrogen) atoms.